The number of aromatic nitrogens is 2. The van der Waals surface area contributed by atoms with Crippen LogP contribution in [-0.2, 0) is 20.7 Å². The first-order chi connectivity index (χ1) is 15.8. The first-order valence-corrected chi connectivity index (χ1v) is 11.0. The van der Waals surface area contributed by atoms with Crippen LogP contribution >= 0.6 is 0 Å². The molecule has 3 aromatic carbocycles. The summed E-state index contributed by atoms with van der Waals surface area (Å²) in [7, 11) is 0. The van der Waals surface area contributed by atoms with Crippen molar-refractivity contribution in [2.24, 2.45) is 0 Å². The van der Waals surface area contributed by atoms with E-state index in [0.29, 0.717) is 0 Å². The predicted octanol–water partition coefficient (Wildman–Crippen LogP) is 5.40. The number of benzene rings is 3. The highest BCUT2D eigenvalue weighted by atomic mass is 16.5. The Balaban J connectivity index is 1.48. The minimum absolute atomic E-state index is 0.0616. The van der Waals surface area contributed by atoms with Gasteiger partial charge in [-0.05, 0) is 35.4 Å². The number of rotatable bonds is 2. The Kier molecular flexibility index (Phi) is 2.98. The van der Waals surface area contributed by atoms with E-state index in [0.717, 1.165) is 33.5 Å². The Bertz CT molecular complexity index is 1410. The molecule has 4 bridgehead atoms. The fraction of sp³-hybridized carbons (Fsp3) is 0.143. The number of nitrogens with zero attached hydrogens (tertiary/aromatic N) is 2. The number of hydrogen-bond donors (Lipinski definition) is 0. The summed E-state index contributed by atoms with van der Waals surface area (Å²) < 4.78 is 13.3. The van der Waals surface area contributed by atoms with Crippen LogP contribution in [0.25, 0.3) is 11.0 Å². The Labute approximate surface area is 184 Å². The lowest BCUT2D eigenvalue weighted by molar-refractivity contribution is 0.00586. The SMILES string of the molecule is C1=CC2(c3nc4ccccc4nc3[C@@]34C=C[C@@H](O3)c3ccccc34)OC1c1ccccc12. The predicted molar refractivity (Wildman–Crippen MR) is 120 cm³/mol. The quantitative estimate of drug-likeness (QED) is 0.412. The van der Waals surface area contributed by atoms with Crippen LogP contribution in [0, 0.1) is 0 Å². The minimum atomic E-state index is -0.769. The molecule has 152 valence electrons. The zero-order valence-corrected chi connectivity index (χ0v) is 17.1. The zero-order valence-electron chi connectivity index (χ0n) is 17.1. The Hall–Kier alpha value is -3.60. The van der Waals surface area contributed by atoms with Crippen molar-refractivity contribution in [2.75, 3.05) is 0 Å². The van der Waals surface area contributed by atoms with Gasteiger partial charge in [-0.1, -0.05) is 72.8 Å². The van der Waals surface area contributed by atoms with Crippen molar-refractivity contribution in [1.82, 2.24) is 9.97 Å². The molecule has 4 heteroatoms. The van der Waals surface area contributed by atoms with Gasteiger partial charge in [0.2, 0.25) is 0 Å². The first-order valence-electron chi connectivity index (χ1n) is 11.0. The summed E-state index contributed by atoms with van der Waals surface area (Å²) in [6, 6.07) is 24.9. The molecule has 0 saturated carbocycles. The second-order valence-corrected chi connectivity index (χ2v) is 8.85. The van der Waals surface area contributed by atoms with Crippen LogP contribution in [-0.4, -0.2) is 9.97 Å². The standard InChI is InChI=1S/C28H18N2O2/c1-3-9-19-17(7-1)23-13-15-27(19,31-23)25-26(30-22-12-6-5-11-21(22)29-25)28-16-14-24(32-28)18-8-2-4-10-20(18)28/h1-16,23-24H/t23-,24?,27+,28?/m1/s1. The number of fused-ring (bicyclic) bond motifs is 11. The highest BCUT2D eigenvalue weighted by Gasteiger charge is 2.56. The van der Waals surface area contributed by atoms with E-state index < -0.39 is 11.2 Å². The van der Waals surface area contributed by atoms with Gasteiger partial charge < -0.3 is 9.47 Å². The van der Waals surface area contributed by atoms with E-state index in [4.69, 9.17) is 19.4 Å². The van der Waals surface area contributed by atoms with Crippen LogP contribution in [0.1, 0.15) is 45.8 Å². The monoisotopic (exact) mass is 414 g/mol. The molecule has 4 nitrogen and oxygen atoms in total. The van der Waals surface area contributed by atoms with Gasteiger partial charge in [0.1, 0.15) is 23.6 Å². The van der Waals surface area contributed by atoms with Crippen LogP contribution in [0.5, 0.6) is 0 Å². The summed E-state index contributed by atoms with van der Waals surface area (Å²) in [5, 5.41) is 0. The molecule has 4 aromatic rings. The molecule has 0 fully saturated rings. The van der Waals surface area contributed by atoms with Gasteiger partial charge in [0.05, 0.1) is 11.0 Å². The third-order valence-corrected chi connectivity index (χ3v) is 7.25. The Morgan fingerprint density at radius 2 is 1.00 bits per heavy atom. The molecule has 1 aromatic heterocycles. The largest absolute Gasteiger partial charge is 0.348 e. The molecule has 32 heavy (non-hydrogen) atoms. The van der Waals surface area contributed by atoms with E-state index in [1.807, 2.05) is 24.3 Å². The third kappa shape index (κ3) is 1.87. The van der Waals surface area contributed by atoms with Gasteiger partial charge in [0, 0.05) is 11.1 Å². The molecular weight excluding hydrogens is 396 g/mol. The molecule has 5 heterocycles. The molecule has 0 aliphatic carbocycles. The maximum absolute atomic E-state index is 6.66. The molecule has 4 aliphatic heterocycles. The fourth-order valence-electron chi connectivity index (χ4n) is 5.85. The van der Waals surface area contributed by atoms with E-state index in [-0.39, 0.29) is 12.2 Å². The Morgan fingerprint density at radius 1 is 0.562 bits per heavy atom. The van der Waals surface area contributed by atoms with Gasteiger partial charge in [-0.25, -0.2) is 9.97 Å². The first kappa shape index (κ1) is 17.0. The third-order valence-electron chi connectivity index (χ3n) is 7.25. The maximum Gasteiger partial charge on any atom is 0.157 e. The maximum atomic E-state index is 6.66. The van der Waals surface area contributed by atoms with Crippen molar-refractivity contribution in [3.8, 4) is 0 Å². The topological polar surface area (TPSA) is 44.2 Å². The highest BCUT2D eigenvalue weighted by Crippen LogP contribution is 2.58. The summed E-state index contributed by atoms with van der Waals surface area (Å²) in [4.78, 5) is 10.4. The summed E-state index contributed by atoms with van der Waals surface area (Å²) in [6.07, 6.45) is 8.45. The van der Waals surface area contributed by atoms with Crippen LogP contribution in [0.4, 0.5) is 0 Å². The lowest BCUT2D eigenvalue weighted by Crippen LogP contribution is -2.34. The van der Waals surface area contributed by atoms with Crippen molar-refractivity contribution in [3.05, 3.63) is 131 Å². The van der Waals surface area contributed by atoms with E-state index >= 15 is 0 Å². The van der Waals surface area contributed by atoms with Crippen LogP contribution in [0.15, 0.2) is 97.1 Å². The molecule has 4 atom stereocenters. The van der Waals surface area contributed by atoms with Crippen molar-refractivity contribution in [3.63, 3.8) is 0 Å². The van der Waals surface area contributed by atoms with Crippen LogP contribution in [0.2, 0.25) is 0 Å². The summed E-state index contributed by atoms with van der Waals surface area (Å²) in [6.45, 7) is 0. The fourth-order valence-corrected chi connectivity index (χ4v) is 5.85. The molecule has 0 amide bonds. The van der Waals surface area contributed by atoms with Gasteiger partial charge in [-0.15, -0.1) is 0 Å². The number of ether oxygens (including phenoxy) is 2. The van der Waals surface area contributed by atoms with E-state index in [1.54, 1.807) is 0 Å². The van der Waals surface area contributed by atoms with Gasteiger partial charge in [0.25, 0.3) is 0 Å². The molecule has 0 saturated heterocycles. The summed E-state index contributed by atoms with van der Waals surface area (Å²) >= 11 is 0. The molecule has 2 unspecified atom stereocenters. The van der Waals surface area contributed by atoms with Crippen molar-refractivity contribution in [2.45, 2.75) is 23.4 Å². The van der Waals surface area contributed by atoms with Crippen molar-refractivity contribution >= 4 is 11.0 Å². The van der Waals surface area contributed by atoms with Gasteiger partial charge in [-0.2, -0.15) is 0 Å². The smallest absolute Gasteiger partial charge is 0.157 e. The van der Waals surface area contributed by atoms with Crippen LogP contribution in [0.3, 0.4) is 0 Å². The van der Waals surface area contributed by atoms with Gasteiger partial charge in [0.15, 0.2) is 11.2 Å². The molecule has 8 rings (SSSR count). The minimum Gasteiger partial charge on any atom is -0.348 e. The molecule has 0 radical (unpaired) electrons. The molecular formula is C28H18N2O2. The molecule has 0 spiro atoms. The lowest BCUT2D eigenvalue weighted by Gasteiger charge is -2.32. The molecule has 0 N–H and O–H groups in total. The van der Waals surface area contributed by atoms with Gasteiger partial charge >= 0.3 is 0 Å². The molecule has 4 aliphatic rings. The Morgan fingerprint density at radius 3 is 1.50 bits per heavy atom. The number of para-hydroxylation sites is 2. The second-order valence-electron chi connectivity index (χ2n) is 8.85. The summed E-state index contributed by atoms with van der Waals surface area (Å²) in [5.41, 5.74) is 6.45. The van der Waals surface area contributed by atoms with E-state index in [1.165, 1.54) is 11.1 Å². The second kappa shape index (κ2) is 5.60. The number of hydrogen-bond acceptors (Lipinski definition) is 4. The van der Waals surface area contributed by atoms with Crippen molar-refractivity contribution < 1.29 is 9.47 Å². The average molecular weight is 414 g/mol. The van der Waals surface area contributed by atoms with Gasteiger partial charge in [-0.3, -0.25) is 0 Å². The van der Waals surface area contributed by atoms with Crippen LogP contribution < -0.4 is 0 Å². The lowest BCUT2D eigenvalue weighted by atomic mass is 9.78. The van der Waals surface area contributed by atoms with Crippen molar-refractivity contribution in [1.29, 1.82) is 0 Å². The van der Waals surface area contributed by atoms with E-state index in [9.17, 15) is 0 Å². The summed E-state index contributed by atoms with van der Waals surface area (Å²) in [5.74, 6) is 0. The zero-order chi connectivity index (χ0) is 20.9. The van der Waals surface area contributed by atoms with E-state index in [2.05, 4.69) is 72.8 Å². The average Bonchev–Trinajstić information content (AvgIpc) is 3.63. The normalized spacial score (nSPS) is 30.2. The highest BCUT2D eigenvalue weighted by molar-refractivity contribution is 5.76.